The molecule has 0 aliphatic rings. The van der Waals surface area contributed by atoms with Crippen molar-refractivity contribution in [2.45, 2.75) is 46.1 Å². The van der Waals surface area contributed by atoms with Gasteiger partial charge in [0.05, 0.1) is 19.3 Å². The van der Waals surface area contributed by atoms with Gasteiger partial charge >= 0.3 is 0 Å². The maximum Gasteiger partial charge on any atom is 0.0703 e. The summed E-state index contributed by atoms with van der Waals surface area (Å²) in [5, 5.41) is 3.31. The van der Waals surface area contributed by atoms with Gasteiger partial charge in [-0.2, -0.15) is 0 Å². The van der Waals surface area contributed by atoms with Crippen LogP contribution < -0.4 is 5.32 Å². The second-order valence-electron chi connectivity index (χ2n) is 3.95. The first-order chi connectivity index (χ1) is 7.27. The molecule has 0 atom stereocenters. The summed E-state index contributed by atoms with van der Waals surface area (Å²) < 4.78 is 10.8. The van der Waals surface area contributed by atoms with Crippen LogP contribution in [0.25, 0.3) is 0 Å². The largest absolute Gasteiger partial charge is 0.379 e. The van der Waals surface area contributed by atoms with Crippen LogP contribution in [0.4, 0.5) is 0 Å². The highest BCUT2D eigenvalue weighted by atomic mass is 16.5. The summed E-state index contributed by atoms with van der Waals surface area (Å²) in [6.45, 7) is 10.7. The van der Waals surface area contributed by atoms with E-state index in [1.54, 1.807) is 0 Å². The van der Waals surface area contributed by atoms with Crippen LogP contribution in [-0.4, -0.2) is 39.0 Å². The highest BCUT2D eigenvalue weighted by molar-refractivity contribution is 4.46. The zero-order chi connectivity index (χ0) is 11.4. The van der Waals surface area contributed by atoms with E-state index in [1.807, 2.05) is 13.8 Å². The van der Waals surface area contributed by atoms with E-state index in [2.05, 4.69) is 12.2 Å². The molecule has 0 fully saturated rings. The molecule has 0 rings (SSSR count). The zero-order valence-electron chi connectivity index (χ0n) is 10.6. The lowest BCUT2D eigenvalue weighted by molar-refractivity contribution is 0.0187. The predicted molar refractivity (Wildman–Crippen MR) is 64.3 cm³/mol. The van der Waals surface area contributed by atoms with Crippen LogP contribution in [0.1, 0.15) is 40.0 Å². The van der Waals surface area contributed by atoms with Crippen molar-refractivity contribution in [3.05, 3.63) is 0 Å². The van der Waals surface area contributed by atoms with Gasteiger partial charge in [0.2, 0.25) is 0 Å². The minimum Gasteiger partial charge on any atom is -0.379 e. The van der Waals surface area contributed by atoms with Crippen molar-refractivity contribution >= 4 is 0 Å². The average molecular weight is 217 g/mol. The van der Waals surface area contributed by atoms with Crippen molar-refractivity contribution in [2.75, 3.05) is 32.9 Å². The van der Waals surface area contributed by atoms with Gasteiger partial charge in [0.25, 0.3) is 0 Å². The number of nitrogens with one attached hydrogen (secondary N) is 1. The molecule has 0 aromatic heterocycles. The Balaban J connectivity index is 2.87. The Kier molecular flexibility index (Phi) is 11.9. The van der Waals surface area contributed by atoms with E-state index in [0.717, 1.165) is 39.3 Å². The third-order valence-electron chi connectivity index (χ3n) is 2.07. The zero-order valence-corrected chi connectivity index (χ0v) is 10.6. The van der Waals surface area contributed by atoms with Crippen LogP contribution in [0.5, 0.6) is 0 Å². The van der Waals surface area contributed by atoms with Crippen molar-refractivity contribution < 1.29 is 9.47 Å². The van der Waals surface area contributed by atoms with Gasteiger partial charge in [0.1, 0.15) is 0 Å². The van der Waals surface area contributed by atoms with Crippen molar-refractivity contribution in [3.63, 3.8) is 0 Å². The lowest BCUT2D eigenvalue weighted by atomic mass is 10.2. The maximum absolute atomic E-state index is 5.45. The first kappa shape index (κ1) is 14.9. The van der Waals surface area contributed by atoms with Crippen molar-refractivity contribution in [1.82, 2.24) is 5.32 Å². The molecule has 0 spiro atoms. The fourth-order valence-corrected chi connectivity index (χ4v) is 1.25. The molecular weight excluding hydrogens is 190 g/mol. The second kappa shape index (κ2) is 12.0. The molecule has 1 N–H and O–H groups in total. The molecule has 0 saturated heterocycles. The number of rotatable bonds is 11. The predicted octanol–water partition coefficient (Wildman–Crippen LogP) is 2.21. The van der Waals surface area contributed by atoms with Crippen LogP contribution in [0.15, 0.2) is 0 Å². The Morgan fingerprint density at radius 1 is 1.00 bits per heavy atom. The summed E-state index contributed by atoms with van der Waals surface area (Å²) in [7, 11) is 0. The molecule has 0 aromatic rings. The normalized spacial score (nSPS) is 11.2. The summed E-state index contributed by atoms with van der Waals surface area (Å²) in [5.41, 5.74) is 0. The Hall–Kier alpha value is -0.120. The SMILES string of the molecule is CCNCCCCCOCCOC(C)C. The van der Waals surface area contributed by atoms with Crippen LogP contribution in [0, 0.1) is 0 Å². The molecule has 0 aliphatic heterocycles. The molecule has 0 bridgehead atoms. The standard InChI is InChI=1S/C12H27NO2/c1-4-13-8-6-5-7-9-14-10-11-15-12(2)3/h12-13H,4-11H2,1-3H3. The van der Waals surface area contributed by atoms with E-state index in [9.17, 15) is 0 Å². The Morgan fingerprint density at radius 3 is 2.47 bits per heavy atom. The first-order valence-corrected chi connectivity index (χ1v) is 6.17. The molecule has 92 valence electrons. The molecule has 0 aliphatic carbocycles. The van der Waals surface area contributed by atoms with Crippen LogP contribution in [0.2, 0.25) is 0 Å². The average Bonchev–Trinajstić information content (AvgIpc) is 2.20. The van der Waals surface area contributed by atoms with Gasteiger partial charge in [0.15, 0.2) is 0 Å². The Morgan fingerprint density at radius 2 is 1.80 bits per heavy atom. The molecule has 0 unspecified atom stereocenters. The summed E-state index contributed by atoms with van der Waals surface area (Å²) in [6.07, 6.45) is 3.97. The van der Waals surface area contributed by atoms with Crippen molar-refractivity contribution in [2.24, 2.45) is 0 Å². The van der Waals surface area contributed by atoms with E-state index in [1.165, 1.54) is 12.8 Å². The number of unbranched alkanes of at least 4 members (excludes halogenated alkanes) is 2. The Labute approximate surface area is 94.5 Å². The minimum absolute atomic E-state index is 0.314. The molecule has 0 radical (unpaired) electrons. The fraction of sp³-hybridized carbons (Fsp3) is 1.00. The van der Waals surface area contributed by atoms with Gasteiger partial charge in [0, 0.05) is 6.61 Å². The van der Waals surface area contributed by atoms with Crippen LogP contribution in [0.3, 0.4) is 0 Å². The second-order valence-corrected chi connectivity index (χ2v) is 3.95. The topological polar surface area (TPSA) is 30.5 Å². The monoisotopic (exact) mass is 217 g/mol. The Bertz CT molecular complexity index is 118. The van der Waals surface area contributed by atoms with Gasteiger partial charge in [-0.15, -0.1) is 0 Å². The summed E-state index contributed by atoms with van der Waals surface area (Å²) in [4.78, 5) is 0. The molecule has 3 heteroatoms. The molecule has 0 heterocycles. The van der Waals surface area contributed by atoms with Gasteiger partial charge in [-0.1, -0.05) is 6.92 Å². The van der Waals surface area contributed by atoms with E-state index in [4.69, 9.17) is 9.47 Å². The summed E-state index contributed by atoms with van der Waals surface area (Å²) in [5.74, 6) is 0. The summed E-state index contributed by atoms with van der Waals surface area (Å²) >= 11 is 0. The quantitative estimate of drug-likeness (QED) is 0.538. The lowest BCUT2D eigenvalue weighted by Gasteiger charge is -2.08. The fourth-order valence-electron chi connectivity index (χ4n) is 1.25. The first-order valence-electron chi connectivity index (χ1n) is 6.17. The molecule has 15 heavy (non-hydrogen) atoms. The van der Waals surface area contributed by atoms with E-state index >= 15 is 0 Å². The number of ether oxygens (including phenoxy) is 2. The van der Waals surface area contributed by atoms with Gasteiger partial charge in [-0.3, -0.25) is 0 Å². The molecular formula is C12H27NO2. The smallest absolute Gasteiger partial charge is 0.0703 e. The highest BCUT2D eigenvalue weighted by Crippen LogP contribution is 1.95. The number of hydrogen-bond donors (Lipinski definition) is 1. The van der Waals surface area contributed by atoms with Crippen molar-refractivity contribution in [3.8, 4) is 0 Å². The van der Waals surface area contributed by atoms with E-state index in [-0.39, 0.29) is 0 Å². The van der Waals surface area contributed by atoms with Crippen LogP contribution in [-0.2, 0) is 9.47 Å². The van der Waals surface area contributed by atoms with Gasteiger partial charge < -0.3 is 14.8 Å². The van der Waals surface area contributed by atoms with E-state index < -0.39 is 0 Å². The van der Waals surface area contributed by atoms with Gasteiger partial charge in [-0.25, -0.2) is 0 Å². The third-order valence-corrected chi connectivity index (χ3v) is 2.07. The van der Waals surface area contributed by atoms with Crippen molar-refractivity contribution in [1.29, 1.82) is 0 Å². The molecule has 3 nitrogen and oxygen atoms in total. The lowest BCUT2D eigenvalue weighted by Crippen LogP contribution is -2.14. The molecule has 0 amide bonds. The van der Waals surface area contributed by atoms with Gasteiger partial charge in [-0.05, 0) is 46.2 Å². The highest BCUT2D eigenvalue weighted by Gasteiger charge is 1.93. The summed E-state index contributed by atoms with van der Waals surface area (Å²) in [6, 6.07) is 0. The maximum atomic E-state index is 5.45. The van der Waals surface area contributed by atoms with E-state index in [0.29, 0.717) is 6.10 Å². The third kappa shape index (κ3) is 13.9. The minimum atomic E-state index is 0.314. The van der Waals surface area contributed by atoms with Crippen LogP contribution >= 0.6 is 0 Å². The number of hydrogen-bond acceptors (Lipinski definition) is 3. The molecule has 0 aromatic carbocycles. The molecule has 0 saturated carbocycles.